The fourth-order valence-electron chi connectivity index (χ4n) is 3.56. The first-order chi connectivity index (χ1) is 13.8. The van der Waals surface area contributed by atoms with Crippen LogP contribution in [-0.2, 0) is 6.54 Å². The average Bonchev–Trinajstić information content (AvgIpc) is 2.71. The predicted molar refractivity (Wildman–Crippen MR) is 107 cm³/mol. The first kappa shape index (κ1) is 19.1. The van der Waals surface area contributed by atoms with E-state index < -0.39 is 22.7 Å². The van der Waals surface area contributed by atoms with Crippen LogP contribution in [0.2, 0.25) is 0 Å². The Labute approximate surface area is 166 Å². The zero-order valence-corrected chi connectivity index (χ0v) is 15.9. The average molecular weight is 398 g/mol. The molecule has 0 amide bonds. The second-order valence-electron chi connectivity index (χ2n) is 7.33. The summed E-state index contributed by atoms with van der Waals surface area (Å²) in [5, 5.41) is 40.2. The van der Waals surface area contributed by atoms with Gasteiger partial charge in [-0.3, -0.25) is 9.69 Å². The monoisotopic (exact) mass is 398 g/mol. The van der Waals surface area contributed by atoms with Gasteiger partial charge in [-0.05, 0) is 31.3 Å². The Morgan fingerprint density at radius 1 is 0.931 bits per heavy atom. The summed E-state index contributed by atoms with van der Waals surface area (Å²) in [6.07, 6.45) is 0. The molecule has 4 N–H and O–H groups in total. The Bertz CT molecular complexity index is 1110. The van der Waals surface area contributed by atoms with Crippen LogP contribution in [0.25, 0.3) is 22.3 Å². The lowest BCUT2D eigenvalue weighted by Gasteiger charge is -2.32. The van der Waals surface area contributed by atoms with Gasteiger partial charge in [0.05, 0.1) is 5.56 Å². The van der Waals surface area contributed by atoms with Crippen LogP contribution in [0.3, 0.4) is 0 Å². The quantitative estimate of drug-likeness (QED) is 0.495. The van der Waals surface area contributed by atoms with Crippen molar-refractivity contribution in [3.63, 3.8) is 0 Å². The number of nitrogens with zero attached hydrogens (tertiary/aromatic N) is 2. The van der Waals surface area contributed by atoms with E-state index in [4.69, 9.17) is 4.42 Å². The van der Waals surface area contributed by atoms with Gasteiger partial charge in [0.1, 0.15) is 16.9 Å². The number of aromatic hydroxyl groups is 4. The van der Waals surface area contributed by atoms with Crippen molar-refractivity contribution >= 4 is 11.0 Å². The lowest BCUT2D eigenvalue weighted by atomic mass is 10.0. The van der Waals surface area contributed by atoms with Crippen molar-refractivity contribution in [1.29, 1.82) is 0 Å². The molecule has 0 unspecified atom stereocenters. The summed E-state index contributed by atoms with van der Waals surface area (Å²) < 4.78 is 5.93. The van der Waals surface area contributed by atoms with Crippen molar-refractivity contribution in [2.75, 3.05) is 33.2 Å². The van der Waals surface area contributed by atoms with Crippen LogP contribution in [0, 0.1) is 0 Å². The molecule has 0 saturated carbocycles. The van der Waals surface area contributed by atoms with E-state index in [0.29, 0.717) is 5.56 Å². The summed E-state index contributed by atoms with van der Waals surface area (Å²) >= 11 is 0. The van der Waals surface area contributed by atoms with Gasteiger partial charge in [-0.1, -0.05) is 0 Å². The molecule has 2 heterocycles. The van der Waals surface area contributed by atoms with Crippen LogP contribution in [0.5, 0.6) is 23.0 Å². The third-order valence-corrected chi connectivity index (χ3v) is 5.32. The largest absolute Gasteiger partial charge is 0.508 e. The topological polar surface area (TPSA) is 118 Å². The molecule has 3 aromatic rings. The highest BCUT2D eigenvalue weighted by molar-refractivity contribution is 5.92. The van der Waals surface area contributed by atoms with Gasteiger partial charge in [-0.2, -0.15) is 0 Å². The van der Waals surface area contributed by atoms with Gasteiger partial charge in [0, 0.05) is 44.4 Å². The summed E-state index contributed by atoms with van der Waals surface area (Å²) in [5.74, 6) is -1.63. The van der Waals surface area contributed by atoms with Crippen LogP contribution in [0.15, 0.2) is 39.5 Å². The summed E-state index contributed by atoms with van der Waals surface area (Å²) in [4.78, 5) is 17.0. The van der Waals surface area contributed by atoms with E-state index >= 15 is 0 Å². The molecule has 152 valence electrons. The molecule has 2 aromatic carbocycles. The lowest BCUT2D eigenvalue weighted by Crippen LogP contribution is -2.43. The molecule has 8 heteroatoms. The molecular weight excluding hydrogens is 376 g/mol. The standard InChI is InChI=1S/C21H22N2O6/c1-22-6-8-23(9-7-22)11-14-18(26)20(28)19(27)17-15(25)10-16(29-21(14)17)12-2-4-13(24)5-3-12/h2-5,10,24,26-28H,6-9,11H2,1H3. The van der Waals surface area contributed by atoms with E-state index in [-0.39, 0.29) is 34.6 Å². The molecule has 1 aliphatic heterocycles. The molecule has 1 aromatic heterocycles. The summed E-state index contributed by atoms with van der Waals surface area (Å²) in [6, 6.07) is 7.34. The zero-order valence-electron chi connectivity index (χ0n) is 15.9. The number of hydrogen-bond donors (Lipinski definition) is 4. The first-order valence-corrected chi connectivity index (χ1v) is 9.29. The minimum atomic E-state index is -0.730. The van der Waals surface area contributed by atoms with Crippen LogP contribution in [0.4, 0.5) is 0 Å². The maximum atomic E-state index is 12.7. The minimum Gasteiger partial charge on any atom is -0.508 e. The molecule has 1 saturated heterocycles. The highest BCUT2D eigenvalue weighted by atomic mass is 16.3. The van der Waals surface area contributed by atoms with Gasteiger partial charge in [0.15, 0.2) is 22.5 Å². The fourth-order valence-corrected chi connectivity index (χ4v) is 3.56. The van der Waals surface area contributed by atoms with Gasteiger partial charge < -0.3 is 29.7 Å². The lowest BCUT2D eigenvalue weighted by molar-refractivity contribution is 0.147. The Hall–Kier alpha value is -3.23. The number of fused-ring (bicyclic) bond motifs is 1. The fraction of sp³-hybridized carbons (Fsp3) is 0.286. The first-order valence-electron chi connectivity index (χ1n) is 9.29. The van der Waals surface area contributed by atoms with Crippen LogP contribution in [0.1, 0.15) is 5.56 Å². The smallest absolute Gasteiger partial charge is 0.201 e. The molecule has 0 bridgehead atoms. The van der Waals surface area contributed by atoms with Crippen LogP contribution < -0.4 is 5.43 Å². The molecule has 0 spiro atoms. The number of benzene rings is 2. The zero-order chi connectivity index (χ0) is 20.7. The molecule has 1 fully saturated rings. The number of phenols is 4. The van der Waals surface area contributed by atoms with Gasteiger partial charge >= 0.3 is 0 Å². The molecule has 8 nitrogen and oxygen atoms in total. The molecule has 29 heavy (non-hydrogen) atoms. The van der Waals surface area contributed by atoms with E-state index in [1.165, 1.54) is 18.2 Å². The third-order valence-electron chi connectivity index (χ3n) is 5.32. The van der Waals surface area contributed by atoms with Crippen molar-refractivity contribution in [3.05, 3.63) is 46.1 Å². The van der Waals surface area contributed by atoms with Crippen molar-refractivity contribution in [3.8, 4) is 34.3 Å². The molecule has 0 aliphatic carbocycles. The summed E-state index contributed by atoms with van der Waals surface area (Å²) in [6.45, 7) is 3.46. The molecular formula is C21H22N2O6. The summed E-state index contributed by atoms with van der Waals surface area (Å²) in [5.41, 5.74) is 0.297. The highest BCUT2D eigenvalue weighted by Crippen LogP contribution is 2.44. The highest BCUT2D eigenvalue weighted by Gasteiger charge is 2.25. The normalized spacial score (nSPS) is 15.8. The number of piperazine rings is 1. The van der Waals surface area contributed by atoms with Crippen molar-refractivity contribution in [1.82, 2.24) is 9.80 Å². The number of hydrogen-bond acceptors (Lipinski definition) is 8. The summed E-state index contributed by atoms with van der Waals surface area (Å²) in [7, 11) is 2.03. The van der Waals surface area contributed by atoms with Gasteiger partial charge in [0.25, 0.3) is 0 Å². The molecule has 0 radical (unpaired) electrons. The van der Waals surface area contributed by atoms with Crippen molar-refractivity contribution in [2.24, 2.45) is 0 Å². The Kier molecular flexibility index (Phi) is 4.81. The Balaban J connectivity index is 1.88. The van der Waals surface area contributed by atoms with E-state index in [0.717, 1.165) is 26.2 Å². The van der Waals surface area contributed by atoms with Crippen LogP contribution in [-0.4, -0.2) is 63.5 Å². The maximum Gasteiger partial charge on any atom is 0.201 e. The van der Waals surface area contributed by atoms with Gasteiger partial charge in [-0.25, -0.2) is 0 Å². The predicted octanol–water partition coefficient (Wildman–Crippen LogP) is 2.03. The number of phenolic OH excluding ortho intramolecular Hbond substituents is 4. The van der Waals surface area contributed by atoms with Crippen LogP contribution >= 0.6 is 0 Å². The third kappa shape index (κ3) is 3.48. The van der Waals surface area contributed by atoms with E-state index in [9.17, 15) is 25.2 Å². The number of rotatable bonds is 3. The van der Waals surface area contributed by atoms with Crippen molar-refractivity contribution in [2.45, 2.75) is 6.54 Å². The minimum absolute atomic E-state index is 0.0345. The van der Waals surface area contributed by atoms with E-state index in [1.807, 2.05) is 7.05 Å². The van der Waals surface area contributed by atoms with E-state index in [2.05, 4.69) is 9.80 Å². The van der Waals surface area contributed by atoms with Crippen molar-refractivity contribution < 1.29 is 24.8 Å². The Morgan fingerprint density at radius 2 is 1.59 bits per heavy atom. The number of likely N-dealkylation sites (N-methyl/N-ethyl adjacent to an activating group) is 1. The molecule has 1 aliphatic rings. The molecule has 0 atom stereocenters. The second-order valence-corrected chi connectivity index (χ2v) is 7.33. The van der Waals surface area contributed by atoms with E-state index in [1.54, 1.807) is 12.1 Å². The molecule has 4 rings (SSSR count). The van der Waals surface area contributed by atoms with Gasteiger partial charge in [-0.15, -0.1) is 0 Å². The Morgan fingerprint density at radius 3 is 2.24 bits per heavy atom. The SMILES string of the molecule is CN1CCN(Cc2c(O)c(O)c(O)c3c(=O)cc(-c4ccc(O)cc4)oc23)CC1. The maximum absolute atomic E-state index is 12.7. The van der Waals surface area contributed by atoms with Gasteiger partial charge in [0.2, 0.25) is 5.75 Å². The second kappa shape index (κ2) is 7.31.